The zero-order chi connectivity index (χ0) is 65.0. The van der Waals surface area contributed by atoms with Crippen molar-refractivity contribution < 1.29 is 0 Å². The largest absolute Gasteiger partial charge is 0.345 e. The first-order valence-corrected chi connectivity index (χ1v) is 33.7. The van der Waals surface area contributed by atoms with Crippen LogP contribution in [0.15, 0.2) is 249 Å². The molecule has 0 aliphatic heterocycles. The Hall–Kier alpha value is -8.00. The van der Waals surface area contributed by atoms with E-state index in [4.69, 9.17) is 0 Å². The third kappa shape index (κ3) is 15.6. The minimum atomic E-state index is -0.301. The van der Waals surface area contributed by atoms with Gasteiger partial charge in [0.2, 0.25) is 0 Å². The molecule has 87 heavy (non-hydrogen) atoms. The average Bonchev–Trinajstić information content (AvgIpc) is 1.74. The highest BCUT2D eigenvalue weighted by molar-refractivity contribution is 5.89. The molecule has 460 valence electrons. The maximum atomic E-state index is 2.44. The molecule has 2 spiro atoms. The second kappa shape index (κ2) is 40.4. The molecule has 0 N–H and O–H groups in total. The molecule has 0 saturated heterocycles. The Morgan fingerprint density at radius 3 is 0.770 bits per heavy atom. The van der Waals surface area contributed by atoms with E-state index < -0.39 is 0 Å². The van der Waals surface area contributed by atoms with E-state index >= 15 is 0 Å². The number of para-hydroxylation sites is 1. The van der Waals surface area contributed by atoms with Gasteiger partial charge in [-0.1, -0.05) is 368 Å². The molecule has 0 atom stereocenters. The summed E-state index contributed by atoms with van der Waals surface area (Å²) in [6.07, 6.45) is 1.98. The first kappa shape index (κ1) is 75.1. The number of hydrogen-bond acceptors (Lipinski definition) is 1. The van der Waals surface area contributed by atoms with Crippen LogP contribution in [-0.4, -0.2) is 7.05 Å². The SMILES string of the molecule is CC.CC.CC.CC.CC.CC.CC.CC.CC.CC.CN(c1ccccc1)c1ccc2c(c1)C1(c3ccccc3C2)c2ccccc2-c2ccccc21.Cc1ccccc1.c1ccc2c(c1)Cc1ccccc1C21c2ccccc2-c2ccccc21. The lowest BCUT2D eigenvalue weighted by Crippen LogP contribution is -2.34. The number of nitrogens with zero attached hydrogens (tertiary/aromatic N) is 1. The number of anilines is 2. The van der Waals surface area contributed by atoms with E-state index in [0.717, 1.165) is 12.8 Å². The fourth-order valence-electron chi connectivity index (χ4n) is 12.1. The molecular formula is C86H111N. The van der Waals surface area contributed by atoms with E-state index in [-0.39, 0.29) is 10.8 Å². The molecule has 0 aromatic heterocycles. The summed E-state index contributed by atoms with van der Waals surface area (Å²) in [7, 11) is 2.16. The van der Waals surface area contributed by atoms with Crippen LogP contribution in [0.25, 0.3) is 22.3 Å². The van der Waals surface area contributed by atoms with Crippen LogP contribution in [-0.2, 0) is 23.7 Å². The Kier molecular flexibility index (Phi) is 34.9. The molecule has 4 aliphatic carbocycles. The van der Waals surface area contributed by atoms with Gasteiger partial charge in [-0.15, -0.1) is 0 Å². The summed E-state index contributed by atoms with van der Waals surface area (Å²) >= 11 is 0. The summed E-state index contributed by atoms with van der Waals surface area (Å²) in [6.45, 7) is 42.1. The Morgan fingerprint density at radius 2 is 0.471 bits per heavy atom. The van der Waals surface area contributed by atoms with Gasteiger partial charge in [-0.2, -0.15) is 0 Å². The fourth-order valence-corrected chi connectivity index (χ4v) is 12.1. The van der Waals surface area contributed by atoms with E-state index in [1.165, 1.54) is 106 Å². The molecule has 0 heterocycles. The zero-order valence-electron chi connectivity index (χ0n) is 58.0. The Bertz CT molecular complexity index is 3310. The second-order valence-electron chi connectivity index (χ2n) is 18.4. The van der Waals surface area contributed by atoms with Gasteiger partial charge in [0.15, 0.2) is 0 Å². The van der Waals surface area contributed by atoms with Gasteiger partial charge >= 0.3 is 0 Å². The van der Waals surface area contributed by atoms with Gasteiger partial charge in [-0.25, -0.2) is 0 Å². The van der Waals surface area contributed by atoms with Crippen molar-refractivity contribution in [1.82, 2.24) is 0 Å². The molecule has 14 rings (SSSR count). The van der Waals surface area contributed by atoms with Gasteiger partial charge in [0.05, 0.1) is 10.8 Å². The van der Waals surface area contributed by atoms with Crippen LogP contribution in [0.4, 0.5) is 11.4 Å². The van der Waals surface area contributed by atoms with Gasteiger partial charge in [-0.3, -0.25) is 0 Å². The Labute approximate surface area is 532 Å². The highest BCUT2D eigenvalue weighted by Crippen LogP contribution is 2.61. The van der Waals surface area contributed by atoms with Gasteiger partial charge in [-0.05, 0) is 133 Å². The van der Waals surface area contributed by atoms with Crippen LogP contribution < -0.4 is 4.90 Å². The lowest BCUT2D eigenvalue weighted by atomic mass is 9.61. The smallest absolute Gasteiger partial charge is 0.0719 e. The molecule has 0 fully saturated rings. The lowest BCUT2D eigenvalue weighted by Gasteiger charge is -2.41. The van der Waals surface area contributed by atoms with Crippen LogP contribution in [0.5, 0.6) is 0 Å². The summed E-state index contributed by atoms with van der Waals surface area (Å²) in [4.78, 5) is 2.29. The first-order chi connectivity index (χ1) is 43.1. The van der Waals surface area contributed by atoms with Crippen molar-refractivity contribution in [3.63, 3.8) is 0 Å². The number of benzene rings is 10. The molecule has 1 heteroatoms. The van der Waals surface area contributed by atoms with Crippen LogP contribution in [0.1, 0.15) is 211 Å². The molecule has 10 aromatic carbocycles. The summed E-state index contributed by atoms with van der Waals surface area (Å²) in [5.74, 6) is 0. The van der Waals surface area contributed by atoms with Gasteiger partial charge in [0.25, 0.3) is 0 Å². The van der Waals surface area contributed by atoms with Crippen molar-refractivity contribution in [2.45, 2.75) is 169 Å². The third-order valence-corrected chi connectivity index (χ3v) is 14.9. The summed E-state index contributed by atoms with van der Waals surface area (Å²) < 4.78 is 0. The van der Waals surface area contributed by atoms with Crippen LogP contribution in [0.2, 0.25) is 0 Å². The van der Waals surface area contributed by atoms with Crippen LogP contribution >= 0.6 is 0 Å². The molecule has 0 amide bonds. The number of aryl methyl sites for hydroxylation is 1. The van der Waals surface area contributed by atoms with E-state index in [2.05, 4.69) is 249 Å². The monoisotopic (exact) mass is 1160 g/mol. The maximum absolute atomic E-state index is 2.44. The molecule has 0 radical (unpaired) electrons. The van der Waals surface area contributed by atoms with Crippen molar-refractivity contribution in [3.05, 3.63) is 321 Å². The maximum Gasteiger partial charge on any atom is 0.0719 e. The lowest BCUT2D eigenvalue weighted by molar-refractivity contribution is 0.722. The zero-order valence-corrected chi connectivity index (χ0v) is 58.0. The molecule has 1 nitrogen and oxygen atoms in total. The molecule has 10 aromatic rings. The summed E-state index contributed by atoms with van der Waals surface area (Å²) in [5, 5.41) is 0. The summed E-state index contributed by atoms with van der Waals surface area (Å²) in [6, 6.07) is 90.9. The topological polar surface area (TPSA) is 3.24 Å². The Morgan fingerprint density at radius 1 is 0.230 bits per heavy atom. The van der Waals surface area contributed by atoms with Crippen molar-refractivity contribution in [2.24, 2.45) is 0 Å². The number of fused-ring (bicyclic) bond motifs is 18. The van der Waals surface area contributed by atoms with E-state index in [0.29, 0.717) is 0 Å². The number of hydrogen-bond donors (Lipinski definition) is 0. The molecular weight excluding hydrogens is 1050 g/mol. The van der Waals surface area contributed by atoms with Crippen LogP contribution in [0.3, 0.4) is 0 Å². The predicted molar refractivity (Wildman–Crippen MR) is 392 cm³/mol. The highest BCUT2D eigenvalue weighted by atomic mass is 15.1. The Balaban J connectivity index is 0.000000431. The molecule has 0 bridgehead atoms. The number of rotatable bonds is 2. The van der Waals surface area contributed by atoms with E-state index in [1.54, 1.807) is 0 Å². The van der Waals surface area contributed by atoms with Crippen LogP contribution in [0, 0.1) is 6.92 Å². The normalized spacial score (nSPS) is 11.4. The second-order valence-corrected chi connectivity index (χ2v) is 18.4. The van der Waals surface area contributed by atoms with Crippen molar-refractivity contribution >= 4 is 11.4 Å². The van der Waals surface area contributed by atoms with Gasteiger partial charge in [0, 0.05) is 18.4 Å². The average molecular weight is 1160 g/mol. The summed E-state index contributed by atoms with van der Waals surface area (Å²) in [5.41, 5.74) is 25.7. The quantitative estimate of drug-likeness (QED) is 0.167. The predicted octanol–water partition coefficient (Wildman–Crippen LogP) is 25.9. The standard InChI is InChI=1S/C33H25N.C26H18.C7H8.10C2H6/c1-34(25-12-3-2-4-13-25)26-20-19-24-21-23-11-5-8-16-29(23)33(32(24)22-26)30-17-9-6-14-27(30)28-15-7-10-18-31(28)33;1-5-13-22-18(9-1)17-19-10-2-6-14-23(19)26(22)24-15-7-3-11-20(24)21-12-4-8-16-25(21)26;1-7-5-3-2-4-6-7;10*1-2/h2-20,22H,21H2,1H3;1-16H,17H2;2-6H,1H3;10*1-2H3. The van der Waals surface area contributed by atoms with E-state index in [9.17, 15) is 0 Å². The minimum Gasteiger partial charge on any atom is -0.345 e. The van der Waals surface area contributed by atoms with Crippen molar-refractivity contribution in [3.8, 4) is 22.3 Å². The molecule has 4 aliphatic rings. The van der Waals surface area contributed by atoms with Crippen molar-refractivity contribution in [2.75, 3.05) is 11.9 Å². The highest BCUT2D eigenvalue weighted by Gasteiger charge is 2.51. The van der Waals surface area contributed by atoms with Gasteiger partial charge in [0.1, 0.15) is 0 Å². The van der Waals surface area contributed by atoms with E-state index in [1.807, 2.05) is 157 Å². The minimum absolute atomic E-state index is 0.196. The molecule has 0 unspecified atom stereocenters. The molecule has 0 saturated carbocycles. The first-order valence-electron chi connectivity index (χ1n) is 33.7. The van der Waals surface area contributed by atoms with Crippen molar-refractivity contribution in [1.29, 1.82) is 0 Å². The fraction of sp³-hybridized carbons (Fsp3) is 0.302. The van der Waals surface area contributed by atoms with Gasteiger partial charge < -0.3 is 4.90 Å². The third-order valence-electron chi connectivity index (χ3n) is 14.9.